The van der Waals surface area contributed by atoms with Crippen LogP contribution in [0, 0.1) is 0 Å². The molecule has 0 saturated heterocycles. The quantitative estimate of drug-likeness (QED) is 0.385. The first-order valence-corrected chi connectivity index (χ1v) is 3.94. The molecule has 1 unspecified atom stereocenters. The highest BCUT2D eigenvalue weighted by atomic mass is 32.1. The first kappa shape index (κ1) is 14.5. The van der Waals surface area contributed by atoms with Crippen LogP contribution < -0.4 is 5.73 Å². The minimum Gasteiger partial charge on any atom is -0.480 e. The smallest absolute Gasteiger partial charge is 0.330 e. The molecule has 0 aliphatic carbocycles. The van der Waals surface area contributed by atoms with Gasteiger partial charge in [-0.3, -0.25) is 4.79 Å². The molecule has 0 aromatic carbocycles. The van der Waals surface area contributed by atoms with Crippen LogP contribution in [0.5, 0.6) is 0 Å². The van der Waals surface area contributed by atoms with Crippen molar-refractivity contribution in [1.82, 2.24) is 0 Å². The third-order valence-corrected chi connectivity index (χ3v) is 1.27. The fraction of sp³-hybridized carbons (Fsp3) is 0.429. The Labute approximate surface area is 81.7 Å². The van der Waals surface area contributed by atoms with E-state index < -0.39 is 18.0 Å². The van der Waals surface area contributed by atoms with Crippen LogP contribution in [-0.4, -0.2) is 33.9 Å². The molecule has 0 rings (SSSR count). The van der Waals surface area contributed by atoms with Crippen molar-refractivity contribution in [3.8, 4) is 0 Å². The molecule has 4 N–H and O–H groups in total. The van der Waals surface area contributed by atoms with Gasteiger partial charge in [0, 0.05) is 11.3 Å². The van der Waals surface area contributed by atoms with E-state index in [0.717, 1.165) is 0 Å². The van der Waals surface area contributed by atoms with Crippen LogP contribution in [0.1, 0.15) is 6.92 Å². The molecule has 0 heterocycles. The summed E-state index contributed by atoms with van der Waals surface area (Å²) >= 11 is 3.65. The molecule has 76 valence electrons. The number of carboxylic acid groups (broad SMARTS) is 2. The van der Waals surface area contributed by atoms with Gasteiger partial charge in [-0.25, -0.2) is 4.79 Å². The van der Waals surface area contributed by atoms with Gasteiger partial charge in [-0.1, -0.05) is 6.58 Å². The maximum absolute atomic E-state index is 9.76. The molecule has 0 spiro atoms. The van der Waals surface area contributed by atoms with Crippen LogP contribution in [0.3, 0.4) is 0 Å². The van der Waals surface area contributed by atoms with Gasteiger partial charge in [0.05, 0.1) is 0 Å². The second-order valence-electron chi connectivity index (χ2n) is 2.21. The maximum Gasteiger partial charge on any atom is 0.330 e. The van der Waals surface area contributed by atoms with E-state index in [0.29, 0.717) is 0 Å². The van der Waals surface area contributed by atoms with Crippen LogP contribution in [0.2, 0.25) is 0 Å². The van der Waals surface area contributed by atoms with Gasteiger partial charge >= 0.3 is 11.9 Å². The number of nitrogens with two attached hydrogens (primary N) is 1. The Balaban J connectivity index is 0. The normalized spacial score (nSPS) is 10.7. The molecule has 5 nitrogen and oxygen atoms in total. The average molecular weight is 207 g/mol. The first-order valence-electron chi connectivity index (χ1n) is 3.31. The topological polar surface area (TPSA) is 101 Å². The lowest BCUT2D eigenvalue weighted by molar-refractivity contribution is -0.138. The fourth-order valence-corrected chi connectivity index (χ4v) is 0.234. The van der Waals surface area contributed by atoms with Gasteiger partial charge in [0.2, 0.25) is 0 Å². The molecular formula is C7H13NO4S. The molecule has 6 heteroatoms. The van der Waals surface area contributed by atoms with E-state index in [1.165, 1.54) is 6.92 Å². The molecule has 1 atom stereocenters. The summed E-state index contributed by atoms with van der Waals surface area (Å²) in [5.74, 6) is -1.75. The van der Waals surface area contributed by atoms with Crippen LogP contribution in [-0.2, 0) is 9.59 Å². The van der Waals surface area contributed by atoms with Crippen molar-refractivity contribution in [1.29, 1.82) is 0 Å². The molecule has 0 fully saturated rings. The summed E-state index contributed by atoms with van der Waals surface area (Å²) in [6, 6.07) is -0.816. The van der Waals surface area contributed by atoms with Crippen molar-refractivity contribution in [3.05, 3.63) is 12.2 Å². The molecule has 0 bridgehead atoms. The molecule has 0 radical (unpaired) electrons. The lowest BCUT2D eigenvalue weighted by Crippen LogP contribution is -2.31. The lowest BCUT2D eigenvalue weighted by Gasteiger charge is -1.96. The van der Waals surface area contributed by atoms with Crippen molar-refractivity contribution in [3.63, 3.8) is 0 Å². The summed E-state index contributed by atoms with van der Waals surface area (Å²) in [5.41, 5.74) is 5.12. The summed E-state index contributed by atoms with van der Waals surface area (Å²) in [6.07, 6.45) is 0. The molecule has 0 aliphatic rings. The monoisotopic (exact) mass is 207 g/mol. The second kappa shape index (κ2) is 7.63. The van der Waals surface area contributed by atoms with Crippen LogP contribution in [0.4, 0.5) is 0 Å². The van der Waals surface area contributed by atoms with Gasteiger partial charge < -0.3 is 15.9 Å². The number of thiol groups is 1. The van der Waals surface area contributed by atoms with Gasteiger partial charge in [-0.15, -0.1) is 0 Å². The van der Waals surface area contributed by atoms with Crippen molar-refractivity contribution < 1.29 is 19.8 Å². The Kier molecular flexibility index (Phi) is 8.52. The fourth-order valence-electron chi connectivity index (χ4n) is 0.0781. The largest absolute Gasteiger partial charge is 0.480 e. The van der Waals surface area contributed by atoms with Crippen LogP contribution in [0.25, 0.3) is 0 Å². The summed E-state index contributed by atoms with van der Waals surface area (Å²) in [6.45, 7) is 4.60. The molecule has 0 aromatic rings. The van der Waals surface area contributed by atoms with Crippen LogP contribution >= 0.6 is 12.6 Å². The Bertz CT molecular complexity index is 193. The van der Waals surface area contributed by atoms with Crippen molar-refractivity contribution in [2.75, 3.05) is 5.75 Å². The lowest BCUT2D eigenvalue weighted by atomic mass is 10.4. The van der Waals surface area contributed by atoms with Gasteiger partial charge in [0.1, 0.15) is 6.04 Å². The summed E-state index contributed by atoms with van der Waals surface area (Å²) < 4.78 is 0. The van der Waals surface area contributed by atoms with Gasteiger partial charge in [-0.05, 0) is 6.92 Å². The molecule has 0 amide bonds. The van der Waals surface area contributed by atoms with E-state index in [1.807, 2.05) is 0 Å². The minimum absolute atomic E-state index is 0.176. The van der Waals surface area contributed by atoms with Crippen molar-refractivity contribution >= 4 is 24.6 Å². The maximum atomic E-state index is 9.76. The average Bonchev–Trinajstić information content (AvgIpc) is 2.03. The minimum atomic E-state index is -1.00. The zero-order chi connectivity index (χ0) is 11.0. The number of hydrogen-bond donors (Lipinski definition) is 4. The van der Waals surface area contributed by atoms with Gasteiger partial charge in [-0.2, -0.15) is 12.6 Å². The Hall–Kier alpha value is -1.01. The number of carboxylic acids is 2. The predicted molar refractivity (Wildman–Crippen MR) is 51.9 cm³/mol. The molecule has 0 saturated carbocycles. The Morgan fingerprint density at radius 2 is 1.85 bits per heavy atom. The van der Waals surface area contributed by atoms with Crippen molar-refractivity contribution in [2.24, 2.45) is 5.73 Å². The SMILES string of the molecule is C=C(C)C(=O)O.NC(CS)C(=O)O. The molecule has 13 heavy (non-hydrogen) atoms. The predicted octanol–water partition coefficient (Wildman–Crippen LogP) is -0.0248. The number of aliphatic carboxylic acids is 2. The van der Waals surface area contributed by atoms with Crippen molar-refractivity contribution in [2.45, 2.75) is 13.0 Å². The number of hydrogen-bond acceptors (Lipinski definition) is 4. The van der Waals surface area contributed by atoms with Gasteiger partial charge in [0.25, 0.3) is 0 Å². The Morgan fingerprint density at radius 3 is 1.85 bits per heavy atom. The van der Waals surface area contributed by atoms with E-state index >= 15 is 0 Å². The number of rotatable bonds is 3. The zero-order valence-electron chi connectivity index (χ0n) is 7.23. The van der Waals surface area contributed by atoms with E-state index in [1.54, 1.807) is 0 Å². The van der Waals surface area contributed by atoms with E-state index in [9.17, 15) is 9.59 Å². The first-order chi connectivity index (χ1) is 5.82. The molecule has 0 aliphatic heterocycles. The summed E-state index contributed by atoms with van der Waals surface area (Å²) in [4.78, 5) is 19.4. The third kappa shape index (κ3) is 11.0. The summed E-state index contributed by atoms with van der Waals surface area (Å²) in [7, 11) is 0. The zero-order valence-corrected chi connectivity index (χ0v) is 8.12. The highest BCUT2D eigenvalue weighted by molar-refractivity contribution is 7.80. The van der Waals surface area contributed by atoms with Crippen LogP contribution in [0.15, 0.2) is 12.2 Å². The Morgan fingerprint density at radius 1 is 1.54 bits per heavy atom. The second-order valence-corrected chi connectivity index (χ2v) is 2.58. The standard InChI is InChI=1S/C4H6O2.C3H7NO2S/c1-3(2)4(5)6;4-2(1-7)3(5)6/h1H2,2H3,(H,5,6);2,7H,1,4H2,(H,5,6). The highest BCUT2D eigenvalue weighted by Crippen LogP contribution is 1.81. The van der Waals surface area contributed by atoms with Gasteiger partial charge in [0.15, 0.2) is 0 Å². The molecule has 0 aromatic heterocycles. The highest BCUT2D eigenvalue weighted by Gasteiger charge is 2.06. The number of carbonyl (C=O) groups is 2. The van der Waals surface area contributed by atoms with E-state index in [-0.39, 0.29) is 11.3 Å². The molecular weight excluding hydrogens is 194 g/mol. The third-order valence-electron chi connectivity index (χ3n) is 0.879. The van der Waals surface area contributed by atoms with E-state index in [2.05, 4.69) is 19.2 Å². The summed E-state index contributed by atoms with van der Waals surface area (Å²) in [5, 5.41) is 15.9. The van der Waals surface area contributed by atoms with E-state index in [4.69, 9.17) is 15.9 Å².